The molecule has 0 N–H and O–H groups in total. The number of methoxy groups -OCH3 is 1. The van der Waals surface area contributed by atoms with Crippen LogP contribution in [0.15, 0.2) is 66.7 Å². The van der Waals surface area contributed by atoms with Gasteiger partial charge in [-0.1, -0.05) is 79.2 Å². The predicted octanol–water partition coefficient (Wildman–Crippen LogP) is 5.39. The molecule has 152 valence electrons. The Balaban J connectivity index is 1.81. The zero-order chi connectivity index (χ0) is 20.8. The van der Waals surface area contributed by atoms with Crippen molar-refractivity contribution in [2.75, 3.05) is 13.7 Å². The second kappa shape index (κ2) is 9.71. The smallest absolute Gasteiger partial charge is 0.226 e. The Morgan fingerprint density at radius 2 is 1.66 bits per heavy atom. The van der Waals surface area contributed by atoms with Crippen molar-refractivity contribution in [2.24, 2.45) is 5.92 Å². The first-order valence-electron chi connectivity index (χ1n) is 10.3. The average molecular weight is 390 g/mol. The molecule has 0 aliphatic rings. The topological polar surface area (TPSA) is 29.5 Å². The third kappa shape index (κ3) is 5.45. The molecule has 29 heavy (non-hydrogen) atoms. The Morgan fingerprint density at radius 3 is 2.38 bits per heavy atom. The molecular formula is C26H31NO2. The van der Waals surface area contributed by atoms with Gasteiger partial charge in [0.1, 0.15) is 0 Å². The standard InChI is InChI=1S/C26H31NO2/c1-19-12-14-22(15-13-19)16-20(2)26(28)27(17-21(3)29-4)18-24-10-7-9-23-8-5-6-11-25(23)24/h5-15,20-21H,16-18H2,1-4H3/t20-,21?/m0/s1. The SMILES string of the molecule is COC(C)CN(Cc1cccc2ccccc12)C(=O)[C@@H](C)Cc1ccc(C)cc1. The molecule has 2 atom stereocenters. The molecule has 3 rings (SSSR count). The second-order valence-electron chi connectivity index (χ2n) is 7.99. The van der Waals surface area contributed by atoms with Gasteiger partial charge in [0.15, 0.2) is 0 Å². The van der Waals surface area contributed by atoms with Crippen molar-refractivity contribution in [3.05, 3.63) is 83.4 Å². The van der Waals surface area contributed by atoms with E-state index in [2.05, 4.69) is 67.6 Å². The monoisotopic (exact) mass is 389 g/mol. The summed E-state index contributed by atoms with van der Waals surface area (Å²) in [4.78, 5) is 15.3. The van der Waals surface area contributed by atoms with Gasteiger partial charge in [0.25, 0.3) is 0 Å². The number of aryl methyl sites for hydroxylation is 1. The lowest BCUT2D eigenvalue weighted by Crippen LogP contribution is -2.40. The van der Waals surface area contributed by atoms with Crippen molar-refractivity contribution in [2.45, 2.75) is 39.8 Å². The van der Waals surface area contributed by atoms with Crippen LogP contribution in [-0.2, 0) is 22.5 Å². The maximum atomic E-state index is 13.4. The fraction of sp³-hybridized carbons (Fsp3) is 0.346. The van der Waals surface area contributed by atoms with Crippen molar-refractivity contribution >= 4 is 16.7 Å². The maximum absolute atomic E-state index is 13.4. The van der Waals surface area contributed by atoms with Crippen LogP contribution < -0.4 is 0 Å². The zero-order valence-electron chi connectivity index (χ0n) is 17.9. The summed E-state index contributed by atoms with van der Waals surface area (Å²) in [6, 6.07) is 23.1. The Labute approximate surface area is 174 Å². The molecule has 0 aromatic heterocycles. The van der Waals surface area contributed by atoms with Crippen molar-refractivity contribution in [1.29, 1.82) is 0 Å². The maximum Gasteiger partial charge on any atom is 0.226 e. The minimum Gasteiger partial charge on any atom is -0.380 e. The molecule has 0 aliphatic carbocycles. The summed E-state index contributed by atoms with van der Waals surface area (Å²) in [6.07, 6.45) is 0.729. The fourth-order valence-electron chi connectivity index (χ4n) is 3.73. The number of hydrogen-bond donors (Lipinski definition) is 0. The lowest BCUT2D eigenvalue weighted by molar-refractivity contribution is -0.137. The van der Waals surface area contributed by atoms with Crippen LogP contribution in [0.3, 0.4) is 0 Å². The highest BCUT2D eigenvalue weighted by Gasteiger charge is 2.23. The average Bonchev–Trinajstić information content (AvgIpc) is 2.74. The van der Waals surface area contributed by atoms with Gasteiger partial charge in [-0.25, -0.2) is 0 Å². The Bertz CT molecular complexity index is 943. The number of benzene rings is 3. The van der Waals surface area contributed by atoms with E-state index >= 15 is 0 Å². The molecule has 0 saturated carbocycles. The number of ether oxygens (including phenoxy) is 1. The van der Waals surface area contributed by atoms with Crippen LogP contribution in [-0.4, -0.2) is 30.6 Å². The summed E-state index contributed by atoms with van der Waals surface area (Å²) >= 11 is 0. The quantitative estimate of drug-likeness (QED) is 0.517. The van der Waals surface area contributed by atoms with Crippen molar-refractivity contribution < 1.29 is 9.53 Å². The summed E-state index contributed by atoms with van der Waals surface area (Å²) in [5, 5.41) is 2.40. The van der Waals surface area contributed by atoms with E-state index in [4.69, 9.17) is 4.74 Å². The summed E-state index contributed by atoms with van der Waals surface area (Å²) in [7, 11) is 1.70. The van der Waals surface area contributed by atoms with E-state index in [1.54, 1.807) is 7.11 Å². The molecule has 3 aromatic carbocycles. The first-order chi connectivity index (χ1) is 14.0. The van der Waals surface area contributed by atoms with Gasteiger partial charge in [0, 0.05) is 26.1 Å². The second-order valence-corrected chi connectivity index (χ2v) is 7.99. The van der Waals surface area contributed by atoms with Gasteiger partial charge >= 0.3 is 0 Å². The molecule has 1 unspecified atom stereocenters. The molecule has 0 heterocycles. The van der Waals surface area contributed by atoms with E-state index in [-0.39, 0.29) is 17.9 Å². The number of fused-ring (bicyclic) bond motifs is 1. The van der Waals surface area contributed by atoms with E-state index in [1.807, 2.05) is 24.8 Å². The van der Waals surface area contributed by atoms with Crippen LogP contribution in [0.2, 0.25) is 0 Å². The van der Waals surface area contributed by atoms with E-state index < -0.39 is 0 Å². The number of rotatable bonds is 8. The minimum atomic E-state index is -0.0864. The van der Waals surface area contributed by atoms with E-state index in [0.717, 1.165) is 6.42 Å². The third-order valence-electron chi connectivity index (χ3n) is 5.52. The van der Waals surface area contributed by atoms with Gasteiger partial charge < -0.3 is 9.64 Å². The van der Waals surface area contributed by atoms with E-state index in [9.17, 15) is 4.79 Å². The predicted molar refractivity (Wildman–Crippen MR) is 120 cm³/mol. The molecule has 0 spiro atoms. The highest BCUT2D eigenvalue weighted by Crippen LogP contribution is 2.22. The number of amides is 1. The fourth-order valence-corrected chi connectivity index (χ4v) is 3.73. The minimum absolute atomic E-state index is 0.0134. The van der Waals surface area contributed by atoms with Gasteiger partial charge in [-0.15, -0.1) is 0 Å². The summed E-state index contributed by atoms with van der Waals surface area (Å²) in [5.41, 5.74) is 3.60. The molecule has 3 heteroatoms. The highest BCUT2D eigenvalue weighted by molar-refractivity contribution is 5.86. The molecule has 3 nitrogen and oxygen atoms in total. The molecule has 1 amide bonds. The number of carbonyl (C=O) groups is 1. The number of nitrogens with zero attached hydrogens (tertiary/aromatic N) is 1. The van der Waals surface area contributed by atoms with Crippen LogP contribution in [0.1, 0.15) is 30.5 Å². The van der Waals surface area contributed by atoms with Gasteiger partial charge in [-0.2, -0.15) is 0 Å². The van der Waals surface area contributed by atoms with Crippen LogP contribution in [0.25, 0.3) is 10.8 Å². The van der Waals surface area contributed by atoms with Crippen LogP contribution >= 0.6 is 0 Å². The van der Waals surface area contributed by atoms with Gasteiger partial charge in [-0.3, -0.25) is 4.79 Å². The zero-order valence-corrected chi connectivity index (χ0v) is 17.9. The van der Waals surface area contributed by atoms with Crippen molar-refractivity contribution in [3.63, 3.8) is 0 Å². The Hall–Kier alpha value is -2.65. The molecular weight excluding hydrogens is 358 g/mol. The lowest BCUT2D eigenvalue weighted by atomic mass is 9.98. The molecule has 0 aliphatic heterocycles. The van der Waals surface area contributed by atoms with Gasteiger partial charge in [0.2, 0.25) is 5.91 Å². The van der Waals surface area contributed by atoms with Crippen molar-refractivity contribution in [3.8, 4) is 0 Å². The number of carbonyl (C=O) groups excluding carboxylic acids is 1. The van der Waals surface area contributed by atoms with E-state index in [1.165, 1.54) is 27.5 Å². The first kappa shape index (κ1) is 21.1. The third-order valence-corrected chi connectivity index (χ3v) is 5.52. The first-order valence-corrected chi connectivity index (χ1v) is 10.3. The Kier molecular flexibility index (Phi) is 7.05. The molecule has 3 aromatic rings. The van der Waals surface area contributed by atoms with Gasteiger partial charge in [-0.05, 0) is 42.2 Å². The molecule has 0 radical (unpaired) electrons. The number of hydrogen-bond acceptors (Lipinski definition) is 2. The highest BCUT2D eigenvalue weighted by atomic mass is 16.5. The summed E-state index contributed by atoms with van der Waals surface area (Å²) in [5.74, 6) is 0.0825. The molecule has 0 bridgehead atoms. The largest absolute Gasteiger partial charge is 0.380 e. The normalized spacial score (nSPS) is 13.2. The lowest BCUT2D eigenvalue weighted by Gasteiger charge is -2.29. The summed E-state index contributed by atoms with van der Waals surface area (Å²) in [6.45, 7) is 7.28. The van der Waals surface area contributed by atoms with E-state index in [0.29, 0.717) is 13.1 Å². The molecule has 0 fully saturated rings. The van der Waals surface area contributed by atoms with Gasteiger partial charge in [0.05, 0.1) is 6.10 Å². The van der Waals surface area contributed by atoms with Crippen molar-refractivity contribution in [1.82, 2.24) is 4.90 Å². The summed E-state index contributed by atoms with van der Waals surface area (Å²) < 4.78 is 5.47. The van der Waals surface area contributed by atoms with Crippen LogP contribution in [0.5, 0.6) is 0 Å². The van der Waals surface area contributed by atoms with Crippen LogP contribution in [0.4, 0.5) is 0 Å². The molecule has 0 saturated heterocycles. The Morgan fingerprint density at radius 1 is 0.966 bits per heavy atom. The van der Waals surface area contributed by atoms with Crippen LogP contribution in [0, 0.1) is 12.8 Å².